The van der Waals surface area contributed by atoms with Gasteiger partial charge < -0.3 is 15.5 Å². The third-order valence-electron chi connectivity index (χ3n) is 4.97. The number of benzene rings is 2. The molecule has 1 aromatic heterocycles. The second-order valence-electron chi connectivity index (χ2n) is 7.03. The molecule has 0 aliphatic carbocycles. The minimum absolute atomic E-state index is 0.0712. The van der Waals surface area contributed by atoms with E-state index in [2.05, 4.69) is 25.2 Å². The van der Waals surface area contributed by atoms with Crippen molar-refractivity contribution >= 4 is 34.3 Å². The molecule has 3 aromatic rings. The number of hydrogen-bond donors (Lipinski definition) is 3. The van der Waals surface area contributed by atoms with Crippen LogP contribution in [0.1, 0.15) is 36.1 Å². The minimum Gasteiger partial charge on any atom is -0.502 e. The summed E-state index contributed by atoms with van der Waals surface area (Å²) in [6.45, 7) is 4.10. The maximum absolute atomic E-state index is 11.2. The van der Waals surface area contributed by atoms with Crippen LogP contribution < -0.4 is 9.88 Å². The average molecular weight is 420 g/mol. The van der Waals surface area contributed by atoms with Gasteiger partial charge in [-0.15, -0.1) is 0 Å². The second kappa shape index (κ2) is 10.1. The SMILES string of the molecule is CCc1ccc(/C(O)=C(\C(=S)Nc2cccc(CC)c2)[n+]2cccc(CO)c2)cc1. The van der Waals surface area contributed by atoms with Crippen molar-refractivity contribution in [3.05, 3.63) is 95.3 Å². The molecule has 0 saturated heterocycles. The van der Waals surface area contributed by atoms with Gasteiger partial charge in [0.1, 0.15) is 0 Å². The van der Waals surface area contributed by atoms with Gasteiger partial charge in [-0.05, 0) is 42.2 Å². The summed E-state index contributed by atoms with van der Waals surface area (Å²) in [4.78, 5) is 0.389. The van der Waals surface area contributed by atoms with Gasteiger partial charge in [-0.1, -0.05) is 62.5 Å². The maximum Gasteiger partial charge on any atom is 0.288 e. The number of anilines is 1. The van der Waals surface area contributed by atoms with E-state index in [9.17, 15) is 10.2 Å². The number of nitrogens with zero attached hydrogens (tertiary/aromatic N) is 1. The highest BCUT2D eigenvalue weighted by Gasteiger charge is 2.24. The summed E-state index contributed by atoms with van der Waals surface area (Å²) >= 11 is 5.71. The van der Waals surface area contributed by atoms with Gasteiger partial charge in [-0.2, -0.15) is 4.57 Å². The first kappa shape index (κ1) is 21.7. The highest BCUT2D eigenvalue weighted by atomic mass is 32.1. The molecule has 2 aromatic carbocycles. The summed E-state index contributed by atoms with van der Waals surface area (Å²) in [5, 5.41) is 24.0. The lowest BCUT2D eigenvalue weighted by Crippen LogP contribution is -2.39. The van der Waals surface area contributed by atoms with Crippen LogP contribution in [0, 0.1) is 0 Å². The van der Waals surface area contributed by atoms with Gasteiger partial charge >= 0.3 is 0 Å². The fourth-order valence-corrected chi connectivity index (χ4v) is 3.52. The van der Waals surface area contributed by atoms with Crippen LogP contribution >= 0.6 is 12.2 Å². The average Bonchev–Trinajstić information content (AvgIpc) is 2.79. The molecule has 0 fully saturated rings. The summed E-state index contributed by atoms with van der Waals surface area (Å²) in [6.07, 6.45) is 5.43. The van der Waals surface area contributed by atoms with Crippen molar-refractivity contribution in [2.24, 2.45) is 0 Å². The molecule has 0 atom stereocenters. The van der Waals surface area contributed by atoms with Gasteiger partial charge in [-0.3, -0.25) is 0 Å². The van der Waals surface area contributed by atoms with E-state index in [1.54, 1.807) is 10.8 Å². The van der Waals surface area contributed by atoms with Crippen molar-refractivity contribution in [2.75, 3.05) is 5.32 Å². The molecule has 1 heterocycles. The molecule has 0 amide bonds. The lowest BCUT2D eigenvalue weighted by molar-refractivity contribution is -0.576. The molecular formula is C25H27N2O2S+. The van der Waals surface area contributed by atoms with E-state index in [1.807, 2.05) is 60.8 Å². The van der Waals surface area contributed by atoms with E-state index >= 15 is 0 Å². The summed E-state index contributed by atoms with van der Waals surface area (Å²) in [7, 11) is 0. The van der Waals surface area contributed by atoms with Crippen LogP contribution in [0.5, 0.6) is 0 Å². The zero-order valence-electron chi connectivity index (χ0n) is 17.3. The molecule has 4 nitrogen and oxygen atoms in total. The van der Waals surface area contributed by atoms with Gasteiger partial charge in [0.2, 0.25) is 0 Å². The molecular weight excluding hydrogens is 392 g/mol. The number of aliphatic hydroxyl groups is 2. The number of rotatable bonds is 7. The number of hydrogen-bond acceptors (Lipinski definition) is 3. The number of aliphatic hydroxyl groups excluding tert-OH is 2. The van der Waals surface area contributed by atoms with Crippen LogP contribution in [-0.4, -0.2) is 15.2 Å². The largest absolute Gasteiger partial charge is 0.502 e. The van der Waals surface area contributed by atoms with Gasteiger partial charge in [0.15, 0.2) is 23.1 Å². The highest BCUT2D eigenvalue weighted by molar-refractivity contribution is 7.81. The Morgan fingerprint density at radius 1 is 0.933 bits per heavy atom. The third-order valence-corrected chi connectivity index (χ3v) is 5.27. The van der Waals surface area contributed by atoms with Crippen molar-refractivity contribution in [3.63, 3.8) is 0 Å². The molecule has 0 radical (unpaired) electrons. The Kier molecular flexibility index (Phi) is 7.33. The zero-order valence-corrected chi connectivity index (χ0v) is 18.1. The fraction of sp³-hybridized carbons (Fsp3) is 0.200. The first-order valence-electron chi connectivity index (χ1n) is 10.1. The topological polar surface area (TPSA) is 56.4 Å². The third kappa shape index (κ3) is 5.12. The van der Waals surface area contributed by atoms with Crippen LogP contribution in [0.25, 0.3) is 11.5 Å². The Morgan fingerprint density at radius 3 is 2.30 bits per heavy atom. The normalized spacial score (nSPS) is 11.7. The Labute approximate surface area is 183 Å². The Hall–Kier alpha value is -3.02. The van der Waals surface area contributed by atoms with E-state index in [1.165, 1.54) is 11.1 Å². The van der Waals surface area contributed by atoms with Crippen molar-refractivity contribution in [1.82, 2.24) is 0 Å². The van der Waals surface area contributed by atoms with E-state index in [-0.39, 0.29) is 12.4 Å². The van der Waals surface area contributed by atoms with E-state index < -0.39 is 0 Å². The molecule has 0 aliphatic rings. The summed E-state index contributed by atoms with van der Waals surface area (Å²) in [5.74, 6) is 0.0712. The monoisotopic (exact) mass is 419 g/mol. The molecule has 5 heteroatoms. The first-order valence-corrected chi connectivity index (χ1v) is 10.5. The van der Waals surface area contributed by atoms with Crippen molar-refractivity contribution < 1.29 is 14.8 Å². The standard InChI is InChI=1S/C25H26N2O2S/c1-3-18-10-12-21(13-11-18)24(29)23(27-14-6-8-20(16-27)17-28)25(30)26-22-9-5-7-19(4-2)15-22/h5-16,28H,3-4,17H2,1-2H3,(H-,26,29,30)/p+1. The first-order chi connectivity index (χ1) is 14.5. The molecule has 154 valence electrons. The summed E-state index contributed by atoms with van der Waals surface area (Å²) < 4.78 is 1.74. The van der Waals surface area contributed by atoms with Crippen molar-refractivity contribution in [1.29, 1.82) is 0 Å². The molecule has 0 aliphatic heterocycles. The summed E-state index contributed by atoms with van der Waals surface area (Å²) in [6, 6.07) is 19.5. The number of nitrogens with one attached hydrogen (secondary N) is 1. The smallest absolute Gasteiger partial charge is 0.288 e. The quantitative estimate of drug-likeness (QED) is 0.220. The van der Waals surface area contributed by atoms with Crippen molar-refractivity contribution in [3.8, 4) is 0 Å². The predicted octanol–water partition coefficient (Wildman–Crippen LogP) is 4.91. The minimum atomic E-state index is -0.0984. The Morgan fingerprint density at radius 2 is 1.63 bits per heavy atom. The van der Waals surface area contributed by atoms with Crippen LogP contribution in [0.2, 0.25) is 0 Å². The van der Waals surface area contributed by atoms with Gasteiger partial charge in [0.25, 0.3) is 5.70 Å². The van der Waals surface area contributed by atoms with Gasteiger partial charge in [0.05, 0.1) is 6.61 Å². The Balaban J connectivity index is 2.06. The number of aromatic nitrogens is 1. The van der Waals surface area contributed by atoms with E-state index in [4.69, 9.17) is 12.2 Å². The number of thiocarbonyl (C=S) groups is 1. The van der Waals surface area contributed by atoms with Gasteiger partial charge in [0, 0.05) is 22.9 Å². The second-order valence-corrected chi connectivity index (χ2v) is 7.44. The van der Waals surface area contributed by atoms with Crippen LogP contribution in [0.4, 0.5) is 5.69 Å². The van der Waals surface area contributed by atoms with E-state index in [0.717, 1.165) is 24.1 Å². The number of aryl methyl sites for hydroxylation is 2. The fourth-order valence-electron chi connectivity index (χ4n) is 3.20. The lowest BCUT2D eigenvalue weighted by atomic mass is 10.1. The van der Waals surface area contributed by atoms with Gasteiger partial charge in [-0.25, -0.2) is 0 Å². The molecule has 30 heavy (non-hydrogen) atoms. The molecule has 0 unspecified atom stereocenters. The van der Waals surface area contributed by atoms with Crippen molar-refractivity contribution in [2.45, 2.75) is 33.3 Å². The zero-order chi connectivity index (χ0) is 21.5. The number of pyridine rings is 1. The van der Waals surface area contributed by atoms with Crippen LogP contribution in [0.15, 0.2) is 73.1 Å². The molecule has 0 spiro atoms. The van der Waals surface area contributed by atoms with Crippen LogP contribution in [0.3, 0.4) is 0 Å². The Bertz CT molecular complexity index is 1060. The van der Waals surface area contributed by atoms with E-state index in [0.29, 0.717) is 16.2 Å². The molecule has 3 rings (SSSR count). The summed E-state index contributed by atoms with van der Waals surface area (Å²) in [5.41, 5.74) is 5.11. The molecule has 3 N–H and O–H groups in total. The highest BCUT2D eigenvalue weighted by Crippen LogP contribution is 2.20. The maximum atomic E-state index is 11.2. The van der Waals surface area contributed by atoms with Crippen LogP contribution in [-0.2, 0) is 19.4 Å². The predicted molar refractivity (Wildman–Crippen MR) is 126 cm³/mol. The molecule has 0 saturated carbocycles. The molecule has 0 bridgehead atoms. The lowest BCUT2D eigenvalue weighted by Gasteiger charge is -2.11.